The molecule has 1 aliphatic heterocycles. The standard InChI is InChI=1S/C13H11NO2/c1-2-5-9-8(4-1)13-12-10(15-9)6-3-7-11(12)16-14-13/h1-2,4-5,10H,3,6-7H2. The Morgan fingerprint density at radius 3 is 3.19 bits per heavy atom. The highest BCUT2D eigenvalue weighted by atomic mass is 16.5. The molecule has 1 atom stereocenters. The lowest BCUT2D eigenvalue weighted by Gasteiger charge is -2.28. The molecule has 2 aliphatic rings. The SMILES string of the molecule is c1ccc2c(c1)OC1CCCc3onc-2c31. The minimum atomic E-state index is 0.153. The molecule has 1 aromatic carbocycles. The number of hydrogen-bond acceptors (Lipinski definition) is 3. The van der Waals surface area contributed by atoms with Gasteiger partial charge in [0.1, 0.15) is 23.3 Å². The normalized spacial score (nSPS) is 20.9. The highest BCUT2D eigenvalue weighted by Gasteiger charge is 2.34. The van der Waals surface area contributed by atoms with Gasteiger partial charge in [0, 0.05) is 12.0 Å². The van der Waals surface area contributed by atoms with Gasteiger partial charge in [-0.3, -0.25) is 0 Å². The molecular formula is C13H11NO2. The number of rotatable bonds is 0. The zero-order valence-electron chi connectivity index (χ0n) is 8.77. The Kier molecular flexibility index (Phi) is 1.51. The molecule has 0 amide bonds. The highest BCUT2D eigenvalue weighted by molar-refractivity contribution is 5.72. The summed E-state index contributed by atoms with van der Waals surface area (Å²) in [4.78, 5) is 0. The van der Waals surface area contributed by atoms with Crippen LogP contribution in [0.15, 0.2) is 28.8 Å². The fourth-order valence-electron chi connectivity index (χ4n) is 2.67. The summed E-state index contributed by atoms with van der Waals surface area (Å²) in [5.74, 6) is 1.95. The van der Waals surface area contributed by atoms with Crippen molar-refractivity contribution in [1.82, 2.24) is 5.16 Å². The molecule has 4 rings (SSSR count). The molecule has 0 N–H and O–H groups in total. The molecule has 3 nitrogen and oxygen atoms in total. The maximum atomic E-state index is 6.00. The van der Waals surface area contributed by atoms with E-state index in [0.29, 0.717) is 0 Å². The fraction of sp³-hybridized carbons (Fsp3) is 0.308. The fourth-order valence-corrected chi connectivity index (χ4v) is 2.67. The van der Waals surface area contributed by atoms with Crippen molar-refractivity contribution in [2.24, 2.45) is 0 Å². The molecule has 0 radical (unpaired) electrons. The van der Waals surface area contributed by atoms with Crippen molar-refractivity contribution in [3.63, 3.8) is 0 Å². The first-order chi connectivity index (χ1) is 7.93. The summed E-state index contributed by atoms with van der Waals surface area (Å²) in [5, 5.41) is 4.20. The van der Waals surface area contributed by atoms with E-state index in [2.05, 4.69) is 5.16 Å². The predicted octanol–water partition coefficient (Wildman–Crippen LogP) is 3.11. The topological polar surface area (TPSA) is 35.3 Å². The van der Waals surface area contributed by atoms with E-state index in [1.165, 1.54) is 5.56 Å². The van der Waals surface area contributed by atoms with E-state index in [9.17, 15) is 0 Å². The third-order valence-electron chi connectivity index (χ3n) is 3.41. The Bertz CT molecular complexity index is 559. The van der Waals surface area contributed by atoms with E-state index in [4.69, 9.17) is 9.26 Å². The smallest absolute Gasteiger partial charge is 0.144 e. The number of aromatic nitrogens is 1. The van der Waals surface area contributed by atoms with Gasteiger partial charge in [0.2, 0.25) is 0 Å². The number of nitrogens with zero attached hydrogens (tertiary/aromatic N) is 1. The number of ether oxygens (including phenoxy) is 1. The molecule has 2 aromatic rings. The summed E-state index contributed by atoms with van der Waals surface area (Å²) in [5.41, 5.74) is 3.23. The Morgan fingerprint density at radius 1 is 1.25 bits per heavy atom. The van der Waals surface area contributed by atoms with Gasteiger partial charge in [0.25, 0.3) is 0 Å². The van der Waals surface area contributed by atoms with Crippen molar-refractivity contribution in [2.75, 3.05) is 0 Å². The summed E-state index contributed by atoms with van der Waals surface area (Å²) in [6, 6.07) is 8.04. The van der Waals surface area contributed by atoms with Crippen LogP contribution in [-0.4, -0.2) is 5.16 Å². The summed E-state index contributed by atoms with van der Waals surface area (Å²) in [7, 11) is 0. The number of hydrogen-bond donors (Lipinski definition) is 0. The van der Waals surface area contributed by atoms with Crippen LogP contribution in [0.4, 0.5) is 0 Å². The minimum absolute atomic E-state index is 0.153. The summed E-state index contributed by atoms with van der Waals surface area (Å²) < 4.78 is 11.4. The first-order valence-electron chi connectivity index (χ1n) is 5.68. The van der Waals surface area contributed by atoms with E-state index in [0.717, 1.165) is 42.0 Å². The van der Waals surface area contributed by atoms with Gasteiger partial charge < -0.3 is 9.26 Å². The van der Waals surface area contributed by atoms with Crippen molar-refractivity contribution < 1.29 is 9.26 Å². The first kappa shape index (κ1) is 8.39. The average Bonchev–Trinajstić information content (AvgIpc) is 2.76. The van der Waals surface area contributed by atoms with Crippen LogP contribution in [-0.2, 0) is 6.42 Å². The van der Waals surface area contributed by atoms with Crippen molar-refractivity contribution >= 4 is 0 Å². The van der Waals surface area contributed by atoms with Crippen LogP contribution in [0.2, 0.25) is 0 Å². The second-order valence-corrected chi connectivity index (χ2v) is 4.36. The van der Waals surface area contributed by atoms with E-state index >= 15 is 0 Å². The summed E-state index contributed by atoms with van der Waals surface area (Å²) in [6.45, 7) is 0. The van der Waals surface area contributed by atoms with Crippen LogP contribution in [0.25, 0.3) is 11.3 Å². The lowest BCUT2D eigenvalue weighted by atomic mass is 9.89. The zero-order valence-corrected chi connectivity index (χ0v) is 8.77. The molecule has 2 heterocycles. The van der Waals surface area contributed by atoms with Crippen molar-refractivity contribution in [3.05, 3.63) is 35.6 Å². The van der Waals surface area contributed by atoms with Crippen molar-refractivity contribution in [1.29, 1.82) is 0 Å². The van der Waals surface area contributed by atoms with Crippen LogP contribution in [0.1, 0.15) is 30.3 Å². The van der Waals surface area contributed by atoms with Gasteiger partial charge in [-0.15, -0.1) is 0 Å². The molecule has 1 unspecified atom stereocenters. The van der Waals surface area contributed by atoms with Crippen LogP contribution < -0.4 is 4.74 Å². The Hall–Kier alpha value is -1.77. The van der Waals surface area contributed by atoms with E-state index in [1.807, 2.05) is 24.3 Å². The van der Waals surface area contributed by atoms with E-state index in [-0.39, 0.29) is 6.10 Å². The summed E-state index contributed by atoms with van der Waals surface area (Å²) in [6.07, 6.45) is 3.33. The van der Waals surface area contributed by atoms with Gasteiger partial charge in [-0.25, -0.2) is 0 Å². The van der Waals surface area contributed by atoms with Crippen molar-refractivity contribution in [3.8, 4) is 17.0 Å². The molecule has 0 bridgehead atoms. The number of aryl methyl sites for hydroxylation is 1. The maximum Gasteiger partial charge on any atom is 0.144 e. The van der Waals surface area contributed by atoms with Gasteiger partial charge >= 0.3 is 0 Å². The van der Waals surface area contributed by atoms with Crippen LogP contribution in [0.3, 0.4) is 0 Å². The number of benzene rings is 1. The average molecular weight is 213 g/mol. The molecule has 80 valence electrons. The van der Waals surface area contributed by atoms with E-state index < -0.39 is 0 Å². The number of fused-ring (bicyclic) bond motifs is 2. The van der Waals surface area contributed by atoms with E-state index in [1.54, 1.807) is 0 Å². The molecule has 0 saturated heterocycles. The lowest BCUT2D eigenvalue weighted by Crippen LogP contribution is -2.18. The predicted molar refractivity (Wildman–Crippen MR) is 58.2 cm³/mol. The molecular weight excluding hydrogens is 202 g/mol. The second-order valence-electron chi connectivity index (χ2n) is 4.36. The Morgan fingerprint density at radius 2 is 2.19 bits per heavy atom. The van der Waals surface area contributed by atoms with Gasteiger partial charge in [-0.2, -0.15) is 0 Å². The van der Waals surface area contributed by atoms with Crippen LogP contribution >= 0.6 is 0 Å². The summed E-state index contributed by atoms with van der Waals surface area (Å²) >= 11 is 0. The van der Waals surface area contributed by atoms with Crippen molar-refractivity contribution in [2.45, 2.75) is 25.4 Å². The monoisotopic (exact) mass is 213 g/mol. The lowest BCUT2D eigenvalue weighted by molar-refractivity contribution is 0.175. The molecule has 0 saturated carbocycles. The molecule has 1 aromatic heterocycles. The minimum Gasteiger partial charge on any atom is -0.485 e. The largest absolute Gasteiger partial charge is 0.485 e. The van der Waals surface area contributed by atoms with Gasteiger partial charge in [-0.05, 0) is 25.0 Å². The molecule has 16 heavy (non-hydrogen) atoms. The molecule has 0 spiro atoms. The third-order valence-corrected chi connectivity index (χ3v) is 3.41. The molecule has 1 aliphatic carbocycles. The van der Waals surface area contributed by atoms with Gasteiger partial charge in [0.05, 0.1) is 5.56 Å². The molecule has 3 heteroatoms. The quantitative estimate of drug-likeness (QED) is 0.674. The van der Waals surface area contributed by atoms with Crippen LogP contribution in [0, 0.1) is 0 Å². The maximum absolute atomic E-state index is 6.00. The first-order valence-corrected chi connectivity index (χ1v) is 5.68. The van der Waals surface area contributed by atoms with Crippen LogP contribution in [0.5, 0.6) is 5.75 Å². The van der Waals surface area contributed by atoms with Gasteiger partial charge in [-0.1, -0.05) is 17.3 Å². The zero-order chi connectivity index (χ0) is 10.5. The second kappa shape index (κ2) is 2.88. The number of para-hydroxylation sites is 1. The van der Waals surface area contributed by atoms with Gasteiger partial charge in [0.15, 0.2) is 0 Å². The Balaban J connectivity index is 2.02. The molecule has 0 fully saturated rings. The highest BCUT2D eigenvalue weighted by Crippen LogP contribution is 2.46. The third kappa shape index (κ3) is 0.953. The Labute approximate surface area is 93.0 Å².